The van der Waals surface area contributed by atoms with Gasteiger partial charge >= 0.3 is 5.97 Å². The van der Waals surface area contributed by atoms with Gasteiger partial charge in [0.2, 0.25) is 0 Å². The molecule has 3 rings (SSSR count). The van der Waals surface area contributed by atoms with Crippen LogP contribution in [0.2, 0.25) is 0 Å². The van der Waals surface area contributed by atoms with E-state index in [1.54, 1.807) is 0 Å². The predicted molar refractivity (Wildman–Crippen MR) is 91.0 cm³/mol. The Morgan fingerprint density at radius 2 is 1.76 bits per heavy atom. The normalized spacial score (nSPS) is 17.0. The van der Waals surface area contributed by atoms with Gasteiger partial charge in [0.15, 0.2) is 9.84 Å². The Labute approximate surface area is 145 Å². The molecular formula is C18H17NO5S. The lowest BCUT2D eigenvalue weighted by Gasteiger charge is -2.34. The van der Waals surface area contributed by atoms with E-state index in [2.05, 4.69) is 0 Å². The number of sulfone groups is 1. The Bertz CT molecular complexity index is 951. The van der Waals surface area contributed by atoms with E-state index >= 15 is 0 Å². The Hall–Kier alpha value is -2.67. The molecule has 7 heteroatoms. The van der Waals surface area contributed by atoms with Crippen molar-refractivity contribution in [2.75, 3.05) is 6.26 Å². The Balaban J connectivity index is 1.99. The molecule has 0 saturated heterocycles. The molecule has 1 amide bonds. The average Bonchev–Trinajstić information content (AvgIpc) is 2.59. The molecule has 2 aromatic carbocycles. The number of carboxylic acid groups (broad SMARTS) is 1. The first-order valence-electron chi connectivity index (χ1n) is 7.68. The first kappa shape index (κ1) is 17.2. The summed E-state index contributed by atoms with van der Waals surface area (Å²) in [5, 5.41) is 9.52. The molecule has 1 atom stereocenters. The van der Waals surface area contributed by atoms with E-state index in [0.29, 0.717) is 0 Å². The second kappa shape index (κ2) is 6.33. The van der Waals surface area contributed by atoms with Crippen LogP contribution in [0.15, 0.2) is 53.4 Å². The van der Waals surface area contributed by atoms with Crippen LogP contribution in [0.25, 0.3) is 0 Å². The van der Waals surface area contributed by atoms with Gasteiger partial charge in [0, 0.05) is 24.8 Å². The number of aliphatic carboxylic acids is 1. The second-order valence-electron chi connectivity index (χ2n) is 6.06. The first-order chi connectivity index (χ1) is 11.8. The standard InChI is InChI=1S/C18H17NO5S/c1-25(23,24)15-8-4-7-13(9-15)17(20)19-11-14-6-3-2-5-12(14)10-16(19)18(21)22/h2-9,16H,10-11H2,1H3,(H,21,22)/t16-/m1/s1. The zero-order valence-electron chi connectivity index (χ0n) is 13.5. The third-order valence-electron chi connectivity index (χ3n) is 4.30. The Morgan fingerprint density at radius 3 is 2.40 bits per heavy atom. The second-order valence-corrected chi connectivity index (χ2v) is 8.08. The number of rotatable bonds is 3. The molecule has 0 radical (unpaired) electrons. The summed E-state index contributed by atoms with van der Waals surface area (Å²) >= 11 is 0. The molecule has 0 fully saturated rings. The summed E-state index contributed by atoms with van der Waals surface area (Å²) in [7, 11) is -3.46. The van der Waals surface area contributed by atoms with Crippen LogP contribution in [0.1, 0.15) is 21.5 Å². The molecule has 130 valence electrons. The molecule has 6 nitrogen and oxygen atoms in total. The fraction of sp³-hybridized carbons (Fsp3) is 0.222. The van der Waals surface area contributed by atoms with Crippen molar-refractivity contribution in [1.29, 1.82) is 0 Å². The minimum absolute atomic E-state index is 0.0302. The maximum absolute atomic E-state index is 12.9. The van der Waals surface area contributed by atoms with E-state index in [1.165, 1.54) is 29.2 Å². The predicted octanol–water partition coefficient (Wildman–Crippen LogP) is 1.74. The van der Waals surface area contributed by atoms with Crippen molar-refractivity contribution in [3.05, 3.63) is 65.2 Å². The molecule has 1 aliphatic heterocycles. The van der Waals surface area contributed by atoms with Crippen molar-refractivity contribution in [2.24, 2.45) is 0 Å². The largest absolute Gasteiger partial charge is 0.480 e. The highest BCUT2D eigenvalue weighted by Gasteiger charge is 2.35. The highest BCUT2D eigenvalue weighted by Crippen LogP contribution is 2.25. The van der Waals surface area contributed by atoms with E-state index in [0.717, 1.165) is 17.4 Å². The highest BCUT2D eigenvalue weighted by molar-refractivity contribution is 7.90. The number of hydrogen-bond acceptors (Lipinski definition) is 4. The van der Waals surface area contributed by atoms with Crippen molar-refractivity contribution in [3.8, 4) is 0 Å². The number of carbonyl (C=O) groups is 2. The number of carbonyl (C=O) groups excluding carboxylic acids is 1. The van der Waals surface area contributed by atoms with E-state index in [9.17, 15) is 23.1 Å². The first-order valence-corrected chi connectivity index (χ1v) is 9.57. The third-order valence-corrected chi connectivity index (χ3v) is 5.41. The average molecular weight is 359 g/mol. The topological polar surface area (TPSA) is 91.8 Å². The monoisotopic (exact) mass is 359 g/mol. The summed E-state index contributed by atoms with van der Waals surface area (Å²) in [6, 6.07) is 12.1. The van der Waals surface area contributed by atoms with Gasteiger partial charge in [-0.3, -0.25) is 4.79 Å². The number of amides is 1. The van der Waals surface area contributed by atoms with Crippen LogP contribution in [0, 0.1) is 0 Å². The van der Waals surface area contributed by atoms with Gasteiger partial charge in [-0.05, 0) is 29.3 Å². The SMILES string of the molecule is CS(=O)(=O)c1cccc(C(=O)N2Cc3ccccc3C[C@@H]2C(=O)O)c1. The number of carboxylic acids is 1. The van der Waals surface area contributed by atoms with Crippen molar-refractivity contribution in [1.82, 2.24) is 4.90 Å². The smallest absolute Gasteiger partial charge is 0.326 e. The Kier molecular flexibility index (Phi) is 4.34. The molecular weight excluding hydrogens is 342 g/mol. The van der Waals surface area contributed by atoms with Gasteiger partial charge in [-0.1, -0.05) is 30.3 Å². The van der Waals surface area contributed by atoms with Crippen molar-refractivity contribution in [3.63, 3.8) is 0 Å². The molecule has 1 N–H and O–H groups in total. The van der Waals surface area contributed by atoms with Crippen molar-refractivity contribution < 1.29 is 23.1 Å². The lowest BCUT2D eigenvalue weighted by Crippen LogP contribution is -2.48. The summed E-state index contributed by atoms with van der Waals surface area (Å²) in [6.45, 7) is 0.176. The van der Waals surface area contributed by atoms with Gasteiger partial charge in [-0.2, -0.15) is 0 Å². The quantitative estimate of drug-likeness (QED) is 0.901. The summed E-state index contributed by atoms with van der Waals surface area (Å²) in [4.78, 5) is 25.8. The number of hydrogen-bond donors (Lipinski definition) is 1. The zero-order chi connectivity index (χ0) is 18.2. The third kappa shape index (κ3) is 3.41. The zero-order valence-corrected chi connectivity index (χ0v) is 14.4. The molecule has 1 aliphatic rings. The van der Waals surface area contributed by atoms with E-state index < -0.39 is 27.8 Å². The molecule has 0 spiro atoms. The molecule has 0 unspecified atom stereocenters. The van der Waals surface area contributed by atoms with Gasteiger partial charge in [0.05, 0.1) is 4.90 Å². The van der Waals surface area contributed by atoms with Crippen LogP contribution < -0.4 is 0 Å². The van der Waals surface area contributed by atoms with Gasteiger partial charge < -0.3 is 10.0 Å². The van der Waals surface area contributed by atoms with Crippen LogP contribution in [-0.2, 0) is 27.6 Å². The molecule has 1 heterocycles. The van der Waals surface area contributed by atoms with Crippen molar-refractivity contribution >= 4 is 21.7 Å². The van der Waals surface area contributed by atoms with E-state index in [4.69, 9.17) is 0 Å². The van der Waals surface area contributed by atoms with Crippen LogP contribution in [0.4, 0.5) is 0 Å². The summed E-state index contributed by atoms with van der Waals surface area (Å²) in [6.07, 6.45) is 1.29. The fourth-order valence-electron chi connectivity index (χ4n) is 2.98. The van der Waals surface area contributed by atoms with Crippen molar-refractivity contribution in [2.45, 2.75) is 23.9 Å². The lowest BCUT2D eigenvalue weighted by atomic mass is 9.93. The molecule has 0 bridgehead atoms. The molecule has 0 saturated carbocycles. The highest BCUT2D eigenvalue weighted by atomic mass is 32.2. The minimum Gasteiger partial charge on any atom is -0.480 e. The molecule has 0 aromatic heterocycles. The number of nitrogens with zero attached hydrogens (tertiary/aromatic N) is 1. The van der Waals surface area contributed by atoms with Gasteiger partial charge in [0.25, 0.3) is 5.91 Å². The summed E-state index contributed by atoms with van der Waals surface area (Å²) < 4.78 is 23.4. The molecule has 2 aromatic rings. The fourth-order valence-corrected chi connectivity index (χ4v) is 3.65. The maximum atomic E-state index is 12.9. The maximum Gasteiger partial charge on any atom is 0.326 e. The molecule has 25 heavy (non-hydrogen) atoms. The number of fused-ring (bicyclic) bond motifs is 1. The Morgan fingerprint density at radius 1 is 1.08 bits per heavy atom. The van der Waals surface area contributed by atoms with Gasteiger partial charge in [-0.25, -0.2) is 13.2 Å². The van der Waals surface area contributed by atoms with E-state index in [-0.39, 0.29) is 23.4 Å². The van der Waals surface area contributed by atoms with Gasteiger partial charge in [-0.15, -0.1) is 0 Å². The van der Waals surface area contributed by atoms with E-state index in [1.807, 2.05) is 24.3 Å². The van der Waals surface area contributed by atoms with Gasteiger partial charge in [0.1, 0.15) is 6.04 Å². The summed E-state index contributed by atoms with van der Waals surface area (Å²) in [5.74, 6) is -1.57. The van der Waals surface area contributed by atoms with Crippen LogP contribution in [0.5, 0.6) is 0 Å². The lowest BCUT2D eigenvalue weighted by molar-refractivity contribution is -0.142. The van der Waals surface area contributed by atoms with Crippen LogP contribution in [0.3, 0.4) is 0 Å². The van der Waals surface area contributed by atoms with Crippen LogP contribution in [-0.4, -0.2) is 42.6 Å². The number of benzene rings is 2. The molecule has 0 aliphatic carbocycles. The summed E-state index contributed by atoms with van der Waals surface area (Å²) in [5.41, 5.74) is 1.96. The minimum atomic E-state index is -3.46. The van der Waals surface area contributed by atoms with Crippen LogP contribution >= 0.6 is 0 Å².